The molecule has 0 aliphatic heterocycles. The standard InChI is InChI=1S/C9H18O/c1-5-6-8(4)9(10)7(2)3/h6-7,9-10H,5H2,1-4H3/b8-6+. The van der Waals surface area contributed by atoms with Crippen LogP contribution in [0.25, 0.3) is 0 Å². The predicted molar refractivity (Wildman–Crippen MR) is 44.9 cm³/mol. The maximum absolute atomic E-state index is 9.46. The summed E-state index contributed by atoms with van der Waals surface area (Å²) in [5.74, 6) is 0.336. The summed E-state index contributed by atoms with van der Waals surface area (Å²) in [4.78, 5) is 0. The third-order valence-electron chi connectivity index (χ3n) is 1.62. The van der Waals surface area contributed by atoms with Crippen molar-refractivity contribution in [3.05, 3.63) is 11.6 Å². The Morgan fingerprint density at radius 2 is 2.00 bits per heavy atom. The molecule has 0 bridgehead atoms. The molecule has 0 aromatic carbocycles. The molecule has 1 nitrogen and oxygen atoms in total. The van der Waals surface area contributed by atoms with E-state index in [-0.39, 0.29) is 6.10 Å². The zero-order valence-corrected chi connectivity index (χ0v) is 7.39. The van der Waals surface area contributed by atoms with Crippen molar-refractivity contribution in [2.75, 3.05) is 0 Å². The Labute approximate surface area is 63.8 Å². The van der Waals surface area contributed by atoms with E-state index in [1.165, 1.54) is 0 Å². The summed E-state index contributed by atoms with van der Waals surface area (Å²) < 4.78 is 0. The summed E-state index contributed by atoms with van der Waals surface area (Å²) >= 11 is 0. The second kappa shape index (κ2) is 4.51. The van der Waals surface area contributed by atoms with Gasteiger partial charge in [-0.3, -0.25) is 0 Å². The first-order valence-corrected chi connectivity index (χ1v) is 3.94. The van der Waals surface area contributed by atoms with E-state index in [0.29, 0.717) is 5.92 Å². The third-order valence-corrected chi connectivity index (χ3v) is 1.62. The van der Waals surface area contributed by atoms with E-state index in [9.17, 15) is 5.11 Å². The Bertz CT molecular complexity index is 114. The maximum atomic E-state index is 9.46. The lowest BCUT2D eigenvalue weighted by atomic mass is 10.00. The lowest BCUT2D eigenvalue weighted by Gasteiger charge is -2.14. The molecule has 0 spiro atoms. The summed E-state index contributed by atoms with van der Waals surface area (Å²) in [6.45, 7) is 8.11. The van der Waals surface area contributed by atoms with Gasteiger partial charge >= 0.3 is 0 Å². The second-order valence-electron chi connectivity index (χ2n) is 3.05. The molecule has 0 amide bonds. The van der Waals surface area contributed by atoms with Crippen LogP contribution in [0, 0.1) is 5.92 Å². The topological polar surface area (TPSA) is 20.2 Å². The summed E-state index contributed by atoms with van der Waals surface area (Å²) in [6, 6.07) is 0. The van der Waals surface area contributed by atoms with Crippen molar-refractivity contribution in [2.24, 2.45) is 5.92 Å². The molecule has 0 aliphatic rings. The zero-order valence-electron chi connectivity index (χ0n) is 7.39. The highest BCUT2D eigenvalue weighted by atomic mass is 16.3. The number of hydrogen-bond acceptors (Lipinski definition) is 1. The molecule has 0 saturated heterocycles. The smallest absolute Gasteiger partial charge is 0.0770 e. The molecular weight excluding hydrogens is 124 g/mol. The zero-order chi connectivity index (χ0) is 8.15. The van der Waals surface area contributed by atoms with Crippen LogP contribution in [0.2, 0.25) is 0 Å². The van der Waals surface area contributed by atoms with Crippen LogP contribution >= 0.6 is 0 Å². The number of hydrogen-bond donors (Lipinski definition) is 1. The molecule has 1 unspecified atom stereocenters. The van der Waals surface area contributed by atoms with Crippen molar-refractivity contribution in [3.63, 3.8) is 0 Å². The van der Waals surface area contributed by atoms with Crippen molar-refractivity contribution in [3.8, 4) is 0 Å². The normalized spacial score (nSPS) is 16.0. The molecule has 0 aromatic rings. The van der Waals surface area contributed by atoms with Gasteiger partial charge < -0.3 is 5.11 Å². The van der Waals surface area contributed by atoms with Gasteiger partial charge in [-0.15, -0.1) is 0 Å². The van der Waals surface area contributed by atoms with Crippen LogP contribution < -0.4 is 0 Å². The summed E-state index contributed by atoms with van der Waals surface area (Å²) in [5, 5.41) is 9.46. The molecule has 1 heteroatoms. The minimum Gasteiger partial charge on any atom is -0.389 e. The Hall–Kier alpha value is -0.300. The van der Waals surface area contributed by atoms with Gasteiger partial charge in [-0.2, -0.15) is 0 Å². The molecule has 1 N–H and O–H groups in total. The lowest BCUT2D eigenvalue weighted by Crippen LogP contribution is -2.15. The van der Waals surface area contributed by atoms with Crippen molar-refractivity contribution in [2.45, 2.75) is 40.2 Å². The molecule has 0 rings (SSSR count). The van der Waals surface area contributed by atoms with Gasteiger partial charge in [-0.05, 0) is 24.8 Å². The van der Waals surface area contributed by atoms with Crippen LogP contribution in [0.3, 0.4) is 0 Å². The van der Waals surface area contributed by atoms with Gasteiger partial charge in [0.25, 0.3) is 0 Å². The highest BCUT2D eigenvalue weighted by molar-refractivity contribution is 5.04. The SMILES string of the molecule is CC/C=C(\C)C(O)C(C)C. The largest absolute Gasteiger partial charge is 0.389 e. The number of aliphatic hydroxyl groups is 1. The Kier molecular flexibility index (Phi) is 4.37. The van der Waals surface area contributed by atoms with E-state index in [2.05, 4.69) is 13.0 Å². The van der Waals surface area contributed by atoms with Crippen LogP contribution in [0.5, 0.6) is 0 Å². The van der Waals surface area contributed by atoms with Crippen molar-refractivity contribution in [1.29, 1.82) is 0 Å². The molecule has 0 aromatic heterocycles. The molecule has 1 atom stereocenters. The average molecular weight is 142 g/mol. The van der Waals surface area contributed by atoms with Gasteiger partial charge in [-0.25, -0.2) is 0 Å². The van der Waals surface area contributed by atoms with Crippen molar-refractivity contribution < 1.29 is 5.11 Å². The van der Waals surface area contributed by atoms with Crippen LogP contribution in [0.15, 0.2) is 11.6 Å². The highest BCUT2D eigenvalue weighted by Gasteiger charge is 2.09. The van der Waals surface area contributed by atoms with Gasteiger partial charge in [-0.1, -0.05) is 26.8 Å². The first-order valence-electron chi connectivity index (χ1n) is 3.94. The minimum absolute atomic E-state index is 0.250. The summed E-state index contributed by atoms with van der Waals surface area (Å²) in [6.07, 6.45) is 2.83. The monoisotopic (exact) mass is 142 g/mol. The second-order valence-corrected chi connectivity index (χ2v) is 3.05. The number of rotatable bonds is 3. The van der Waals surface area contributed by atoms with Crippen LogP contribution in [-0.2, 0) is 0 Å². The van der Waals surface area contributed by atoms with Gasteiger partial charge in [0.15, 0.2) is 0 Å². The average Bonchev–Trinajstić information content (AvgIpc) is 1.87. The van der Waals surface area contributed by atoms with E-state index < -0.39 is 0 Å². The fourth-order valence-electron chi connectivity index (χ4n) is 0.969. The van der Waals surface area contributed by atoms with E-state index in [1.54, 1.807) is 0 Å². The Morgan fingerprint density at radius 3 is 2.30 bits per heavy atom. The molecular formula is C9H18O. The quantitative estimate of drug-likeness (QED) is 0.600. The molecule has 60 valence electrons. The van der Waals surface area contributed by atoms with Gasteiger partial charge in [0, 0.05) is 0 Å². The lowest BCUT2D eigenvalue weighted by molar-refractivity contribution is 0.160. The predicted octanol–water partition coefficient (Wildman–Crippen LogP) is 2.36. The van der Waals surface area contributed by atoms with Gasteiger partial charge in [0.05, 0.1) is 6.10 Å². The Morgan fingerprint density at radius 1 is 1.50 bits per heavy atom. The number of allylic oxidation sites excluding steroid dienone is 1. The molecule has 0 heterocycles. The van der Waals surface area contributed by atoms with Gasteiger partial charge in [0.2, 0.25) is 0 Å². The molecule has 0 aliphatic carbocycles. The van der Waals surface area contributed by atoms with Crippen LogP contribution in [0.4, 0.5) is 0 Å². The molecule has 0 saturated carbocycles. The summed E-state index contributed by atoms with van der Waals surface area (Å²) in [5.41, 5.74) is 1.09. The maximum Gasteiger partial charge on any atom is 0.0770 e. The molecule has 10 heavy (non-hydrogen) atoms. The third kappa shape index (κ3) is 3.02. The fourth-order valence-corrected chi connectivity index (χ4v) is 0.969. The summed E-state index contributed by atoms with van der Waals surface area (Å²) in [7, 11) is 0. The van der Waals surface area contributed by atoms with E-state index in [1.807, 2.05) is 20.8 Å². The Balaban J connectivity index is 3.93. The highest BCUT2D eigenvalue weighted by Crippen LogP contribution is 2.11. The minimum atomic E-state index is -0.250. The van der Waals surface area contributed by atoms with Crippen molar-refractivity contribution >= 4 is 0 Å². The molecule has 0 radical (unpaired) electrons. The van der Waals surface area contributed by atoms with Crippen LogP contribution in [0.1, 0.15) is 34.1 Å². The van der Waals surface area contributed by atoms with Crippen molar-refractivity contribution in [1.82, 2.24) is 0 Å². The van der Waals surface area contributed by atoms with Gasteiger partial charge in [0.1, 0.15) is 0 Å². The first kappa shape index (κ1) is 9.70. The van der Waals surface area contributed by atoms with E-state index in [0.717, 1.165) is 12.0 Å². The first-order chi connectivity index (χ1) is 4.59. The van der Waals surface area contributed by atoms with E-state index >= 15 is 0 Å². The fraction of sp³-hybridized carbons (Fsp3) is 0.778. The molecule has 0 fully saturated rings. The van der Waals surface area contributed by atoms with Crippen LogP contribution in [-0.4, -0.2) is 11.2 Å². The number of aliphatic hydroxyl groups excluding tert-OH is 1. The van der Waals surface area contributed by atoms with E-state index in [4.69, 9.17) is 0 Å².